The third-order valence-corrected chi connectivity index (χ3v) is 6.16. The number of oxazole rings is 1. The number of aromatic nitrogens is 1. The Hall–Kier alpha value is -2.29. The molecule has 0 radical (unpaired) electrons. The lowest BCUT2D eigenvalue weighted by Crippen LogP contribution is -2.28. The van der Waals surface area contributed by atoms with E-state index in [1.54, 1.807) is 24.3 Å². The number of fused-ring (bicyclic) bond motifs is 1. The Labute approximate surface area is 161 Å². The lowest BCUT2D eigenvalue weighted by molar-refractivity contribution is 0.300. The third-order valence-electron chi connectivity index (χ3n) is 4.05. The second-order valence-electron chi connectivity index (χ2n) is 6.01. The fourth-order valence-electron chi connectivity index (χ4n) is 2.54. The standard InChI is InChI=1S/C18H19ClN2O5S/c1-21(10-2-3-11-25-14-6-4-13(19)5-7-14)27(23,24)15-8-9-16-17(12-15)26-18(22)20-16/h4-9,12H,2-3,10-11H2,1H3,(H,20,22). The van der Waals surface area contributed by atoms with E-state index in [9.17, 15) is 13.2 Å². The lowest BCUT2D eigenvalue weighted by Gasteiger charge is -2.17. The second kappa shape index (κ2) is 8.16. The molecule has 0 aliphatic rings. The molecule has 0 unspecified atom stereocenters. The molecule has 0 fully saturated rings. The molecule has 1 aromatic heterocycles. The van der Waals surface area contributed by atoms with Crippen LogP contribution in [0.1, 0.15) is 12.8 Å². The van der Waals surface area contributed by atoms with Crippen LogP contribution in [0, 0.1) is 0 Å². The SMILES string of the molecule is CN(CCCCOc1ccc(Cl)cc1)S(=O)(=O)c1ccc2[nH]c(=O)oc2c1. The lowest BCUT2D eigenvalue weighted by atomic mass is 10.3. The zero-order chi connectivity index (χ0) is 19.4. The van der Waals surface area contributed by atoms with Crippen molar-refractivity contribution in [2.75, 3.05) is 20.2 Å². The monoisotopic (exact) mass is 410 g/mol. The topological polar surface area (TPSA) is 92.6 Å². The molecule has 2 aromatic carbocycles. The van der Waals surface area contributed by atoms with Gasteiger partial charge in [-0.1, -0.05) is 11.6 Å². The van der Waals surface area contributed by atoms with Gasteiger partial charge in [-0.25, -0.2) is 17.5 Å². The number of nitrogens with zero attached hydrogens (tertiary/aromatic N) is 1. The van der Waals surface area contributed by atoms with Crippen molar-refractivity contribution in [3.05, 3.63) is 58.0 Å². The molecule has 1 N–H and O–H groups in total. The maximum absolute atomic E-state index is 12.7. The van der Waals surface area contributed by atoms with Gasteiger partial charge in [0.2, 0.25) is 10.0 Å². The molecule has 0 aliphatic heterocycles. The van der Waals surface area contributed by atoms with Crippen molar-refractivity contribution < 1.29 is 17.6 Å². The van der Waals surface area contributed by atoms with Crippen molar-refractivity contribution >= 4 is 32.7 Å². The first kappa shape index (κ1) is 19.5. The number of hydrogen-bond donors (Lipinski definition) is 1. The Bertz CT molecular complexity index is 1070. The molecule has 0 aliphatic carbocycles. The van der Waals surface area contributed by atoms with E-state index in [1.165, 1.54) is 29.6 Å². The van der Waals surface area contributed by atoms with Gasteiger partial charge in [-0.15, -0.1) is 0 Å². The van der Waals surface area contributed by atoms with Crippen LogP contribution in [0.5, 0.6) is 5.75 Å². The number of unbranched alkanes of at least 4 members (excludes halogenated alkanes) is 1. The van der Waals surface area contributed by atoms with Crippen LogP contribution in [0.2, 0.25) is 5.02 Å². The zero-order valence-corrected chi connectivity index (χ0v) is 16.2. The van der Waals surface area contributed by atoms with Gasteiger partial charge in [0, 0.05) is 24.7 Å². The molecule has 27 heavy (non-hydrogen) atoms. The van der Waals surface area contributed by atoms with E-state index < -0.39 is 15.8 Å². The number of hydrogen-bond acceptors (Lipinski definition) is 5. The van der Waals surface area contributed by atoms with Gasteiger partial charge < -0.3 is 9.15 Å². The van der Waals surface area contributed by atoms with Crippen molar-refractivity contribution in [3.63, 3.8) is 0 Å². The molecule has 3 rings (SSSR count). The molecule has 0 saturated carbocycles. The van der Waals surface area contributed by atoms with E-state index >= 15 is 0 Å². The summed E-state index contributed by atoms with van der Waals surface area (Å²) in [5.74, 6) is 0.107. The molecular formula is C18H19ClN2O5S. The molecular weight excluding hydrogens is 392 g/mol. The quantitative estimate of drug-likeness (QED) is 0.575. The van der Waals surface area contributed by atoms with E-state index in [1.807, 2.05) is 0 Å². The van der Waals surface area contributed by atoms with Gasteiger partial charge >= 0.3 is 5.76 Å². The van der Waals surface area contributed by atoms with E-state index in [-0.39, 0.29) is 10.5 Å². The molecule has 1 heterocycles. The Morgan fingerprint density at radius 1 is 1.15 bits per heavy atom. The van der Waals surface area contributed by atoms with Gasteiger partial charge in [-0.05, 0) is 49.2 Å². The van der Waals surface area contributed by atoms with E-state index in [0.29, 0.717) is 36.5 Å². The first-order valence-corrected chi connectivity index (χ1v) is 10.2. The normalized spacial score (nSPS) is 12.0. The number of sulfonamides is 1. The second-order valence-corrected chi connectivity index (χ2v) is 8.49. The van der Waals surface area contributed by atoms with Crippen LogP contribution in [0.4, 0.5) is 0 Å². The summed E-state index contributed by atoms with van der Waals surface area (Å²) in [6, 6.07) is 11.4. The number of nitrogens with one attached hydrogen (secondary N) is 1. The molecule has 0 amide bonds. The maximum atomic E-state index is 12.7. The highest BCUT2D eigenvalue weighted by molar-refractivity contribution is 7.89. The number of halogens is 1. The predicted molar refractivity (Wildman–Crippen MR) is 103 cm³/mol. The van der Waals surface area contributed by atoms with Gasteiger partial charge in [-0.3, -0.25) is 4.98 Å². The fraction of sp³-hybridized carbons (Fsp3) is 0.278. The van der Waals surface area contributed by atoms with Crippen LogP contribution < -0.4 is 10.5 Å². The summed E-state index contributed by atoms with van der Waals surface area (Å²) in [5.41, 5.74) is 0.673. The Morgan fingerprint density at radius 2 is 1.89 bits per heavy atom. The molecule has 3 aromatic rings. The highest BCUT2D eigenvalue weighted by Gasteiger charge is 2.21. The van der Waals surface area contributed by atoms with Gasteiger partial charge in [0.25, 0.3) is 0 Å². The summed E-state index contributed by atoms with van der Waals surface area (Å²) < 4.78 is 37.1. The first-order valence-electron chi connectivity index (χ1n) is 8.34. The van der Waals surface area contributed by atoms with Crippen LogP contribution in [-0.2, 0) is 10.0 Å². The largest absolute Gasteiger partial charge is 0.494 e. The summed E-state index contributed by atoms with van der Waals surface area (Å²) in [7, 11) is -2.14. The van der Waals surface area contributed by atoms with Gasteiger partial charge in [0.1, 0.15) is 5.75 Å². The molecule has 0 bridgehead atoms. The molecule has 9 heteroatoms. The average molecular weight is 411 g/mol. The third kappa shape index (κ3) is 4.71. The van der Waals surface area contributed by atoms with Crippen molar-refractivity contribution in [2.24, 2.45) is 0 Å². The van der Waals surface area contributed by atoms with Gasteiger partial charge in [0.05, 0.1) is 17.0 Å². The van der Waals surface area contributed by atoms with Crippen LogP contribution >= 0.6 is 11.6 Å². The summed E-state index contributed by atoms with van der Waals surface area (Å²) >= 11 is 5.82. The Balaban J connectivity index is 1.53. The minimum absolute atomic E-state index is 0.0812. The number of aromatic amines is 1. The summed E-state index contributed by atoms with van der Waals surface area (Å²) in [4.78, 5) is 13.8. The zero-order valence-electron chi connectivity index (χ0n) is 14.6. The van der Waals surface area contributed by atoms with Crippen LogP contribution in [0.15, 0.2) is 56.6 Å². The van der Waals surface area contributed by atoms with Crippen LogP contribution in [0.3, 0.4) is 0 Å². The van der Waals surface area contributed by atoms with Crippen molar-refractivity contribution in [3.8, 4) is 5.75 Å². The van der Waals surface area contributed by atoms with E-state index in [4.69, 9.17) is 20.8 Å². The smallest absolute Gasteiger partial charge is 0.417 e. The molecule has 7 nitrogen and oxygen atoms in total. The first-order chi connectivity index (χ1) is 12.9. The Kier molecular flexibility index (Phi) is 5.88. The molecule has 144 valence electrons. The molecule has 0 atom stereocenters. The number of benzene rings is 2. The molecule has 0 saturated heterocycles. The minimum atomic E-state index is -3.66. The predicted octanol–water partition coefficient (Wildman–Crippen LogP) is 3.25. The van der Waals surface area contributed by atoms with E-state index in [2.05, 4.69) is 4.98 Å². The summed E-state index contributed by atoms with van der Waals surface area (Å²) in [6.07, 6.45) is 1.35. The minimum Gasteiger partial charge on any atom is -0.494 e. The average Bonchev–Trinajstić information content (AvgIpc) is 3.01. The van der Waals surface area contributed by atoms with E-state index in [0.717, 1.165) is 5.75 Å². The van der Waals surface area contributed by atoms with Crippen molar-refractivity contribution in [2.45, 2.75) is 17.7 Å². The maximum Gasteiger partial charge on any atom is 0.417 e. The van der Waals surface area contributed by atoms with Gasteiger partial charge in [0.15, 0.2) is 5.58 Å². The van der Waals surface area contributed by atoms with Crippen LogP contribution in [-0.4, -0.2) is 37.9 Å². The number of rotatable bonds is 8. The van der Waals surface area contributed by atoms with Crippen molar-refractivity contribution in [1.82, 2.24) is 9.29 Å². The number of ether oxygens (including phenoxy) is 1. The Morgan fingerprint density at radius 3 is 2.63 bits per heavy atom. The highest BCUT2D eigenvalue weighted by Crippen LogP contribution is 2.20. The van der Waals surface area contributed by atoms with Crippen LogP contribution in [0.25, 0.3) is 11.1 Å². The fourth-order valence-corrected chi connectivity index (χ4v) is 3.89. The molecule has 0 spiro atoms. The summed E-state index contributed by atoms with van der Waals surface area (Å²) in [6.45, 7) is 0.831. The highest BCUT2D eigenvalue weighted by atomic mass is 35.5. The van der Waals surface area contributed by atoms with Crippen molar-refractivity contribution in [1.29, 1.82) is 0 Å². The number of H-pyrrole nitrogens is 1. The van der Waals surface area contributed by atoms with Gasteiger partial charge in [-0.2, -0.15) is 0 Å². The summed E-state index contributed by atoms with van der Waals surface area (Å²) in [5, 5.41) is 0.645.